The lowest BCUT2D eigenvalue weighted by Gasteiger charge is -2.09. The summed E-state index contributed by atoms with van der Waals surface area (Å²) < 4.78 is 0.892. The van der Waals surface area contributed by atoms with Gasteiger partial charge >= 0.3 is 0 Å². The van der Waals surface area contributed by atoms with Crippen molar-refractivity contribution in [2.75, 3.05) is 7.05 Å². The number of benzene rings is 1. The van der Waals surface area contributed by atoms with Gasteiger partial charge in [-0.05, 0) is 11.6 Å². The Bertz CT molecular complexity index is 317. The lowest BCUT2D eigenvalue weighted by molar-refractivity contribution is -0.652. The first-order chi connectivity index (χ1) is 6.11. The Kier molecular flexibility index (Phi) is 3.25. The van der Waals surface area contributed by atoms with Crippen LogP contribution in [0.2, 0.25) is 0 Å². The zero-order valence-corrected chi connectivity index (χ0v) is 8.69. The van der Waals surface area contributed by atoms with Gasteiger partial charge in [0.2, 0.25) is 0 Å². The van der Waals surface area contributed by atoms with Crippen molar-refractivity contribution in [2.24, 2.45) is 0 Å². The van der Waals surface area contributed by atoms with Crippen molar-refractivity contribution in [2.45, 2.75) is 6.54 Å². The van der Waals surface area contributed by atoms with Crippen molar-refractivity contribution >= 4 is 15.9 Å². The minimum atomic E-state index is -0.431. The molecule has 0 fully saturated rings. The Labute approximate surface area is 84.4 Å². The first-order valence-corrected chi connectivity index (χ1v) is 4.49. The predicted molar refractivity (Wildman–Crippen MR) is 52.6 cm³/mol. The number of hydrogen-bond acceptors (Lipinski definition) is 2. The number of nitro groups is 1. The molecule has 0 heterocycles. The molecule has 1 aromatic rings. The molecule has 0 saturated carbocycles. The highest BCUT2D eigenvalue weighted by Gasteiger charge is 2.09. The van der Waals surface area contributed by atoms with E-state index in [2.05, 4.69) is 15.9 Å². The summed E-state index contributed by atoms with van der Waals surface area (Å²) >= 11 is 3.32. The minimum Gasteiger partial charge on any atom is -0.235 e. The maximum Gasteiger partial charge on any atom is 0.160 e. The fraction of sp³-hybridized carbons (Fsp3) is 0.250. The molecule has 0 aliphatic rings. The summed E-state index contributed by atoms with van der Waals surface area (Å²) in [4.78, 5) is 10.3. The van der Waals surface area contributed by atoms with Crippen molar-refractivity contribution in [3.05, 3.63) is 44.4 Å². The average Bonchev–Trinajstić information content (AvgIpc) is 2.08. The summed E-state index contributed by atoms with van der Waals surface area (Å²) in [6.07, 6.45) is 0. The fourth-order valence-corrected chi connectivity index (χ4v) is 1.34. The van der Waals surface area contributed by atoms with Gasteiger partial charge in [0.25, 0.3) is 0 Å². The SMILES string of the molecule is CN(Cc1ccccc1Br)[N+](=O)[O-]. The summed E-state index contributed by atoms with van der Waals surface area (Å²) in [6.45, 7) is 0.300. The van der Waals surface area contributed by atoms with E-state index in [9.17, 15) is 10.1 Å². The van der Waals surface area contributed by atoms with Crippen LogP contribution in [-0.4, -0.2) is 17.1 Å². The van der Waals surface area contributed by atoms with E-state index in [1.807, 2.05) is 24.3 Å². The van der Waals surface area contributed by atoms with E-state index in [0.717, 1.165) is 15.0 Å². The zero-order chi connectivity index (χ0) is 9.84. The quantitative estimate of drug-likeness (QED) is 0.604. The van der Waals surface area contributed by atoms with Gasteiger partial charge in [0.1, 0.15) is 6.54 Å². The van der Waals surface area contributed by atoms with Crippen LogP contribution in [0, 0.1) is 10.1 Å². The molecule has 1 rings (SSSR count). The van der Waals surface area contributed by atoms with Gasteiger partial charge in [-0.2, -0.15) is 0 Å². The van der Waals surface area contributed by atoms with E-state index in [4.69, 9.17) is 0 Å². The van der Waals surface area contributed by atoms with Gasteiger partial charge in [-0.15, -0.1) is 5.01 Å². The van der Waals surface area contributed by atoms with Crippen LogP contribution in [0.15, 0.2) is 28.7 Å². The summed E-state index contributed by atoms with van der Waals surface area (Å²) in [7, 11) is 1.44. The van der Waals surface area contributed by atoms with Gasteiger partial charge in [0.05, 0.1) is 7.05 Å². The Morgan fingerprint density at radius 1 is 1.54 bits per heavy atom. The molecular formula is C8H9BrN2O2. The summed E-state index contributed by atoms with van der Waals surface area (Å²) in [5.74, 6) is 0. The molecule has 0 aliphatic heterocycles. The lowest BCUT2D eigenvalue weighted by atomic mass is 10.2. The van der Waals surface area contributed by atoms with Crippen LogP contribution in [0.3, 0.4) is 0 Å². The Balaban J connectivity index is 2.74. The molecule has 0 radical (unpaired) electrons. The molecule has 0 unspecified atom stereocenters. The number of nitrogens with zero attached hydrogens (tertiary/aromatic N) is 2. The Morgan fingerprint density at radius 2 is 2.15 bits per heavy atom. The molecule has 0 aliphatic carbocycles. The van der Waals surface area contributed by atoms with Crippen molar-refractivity contribution in [3.8, 4) is 0 Å². The molecule has 0 atom stereocenters. The normalized spacial score (nSPS) is 9.69. The molecule has 13 heavy (non-hydrogen) atoms. The highest BCUT2D eigenvalue weighted by molar-refractivity contribution is 9.10. The third-order valence-corrected chi connectivity index (χ3v) is 2.41. The van der Waals surface area contributed by atoms with E-state index in [0.29, 0.717) is 6.54 Å². The second kappa shape index (κ2) is 4.23. The first kappa shape index (κ1) is 9.98. The zero-order valence-electron chi connectivity index (χ0n) is 7.11. The van der Waals surface area contributed by atoms with Gasteiger partial charge in [-0.25, -0.2) is 10.1 Å². The molecule has 0 aromatic heterocycles. The van der Waals surface area contributed by atoms with Crippen LogP contribution in [0.25, 0.3) is 0 Å². The molecule has 0 N–H and O–H groups in total. The van der Waals surface area contributed by atoms with Gasteiger partial charge in [0, 0.05) is 4.47 Å². The molecule has 0 bridgehead atoms. The molecule has 0 amide bonds. The van der Waals surface area contributed by atoms with Crippen molar-refractivity contribution in [1.82, 2.24) is 5.01 Å². The van der Waals surface area contributed by atoms with Crippen LogP contribution in [0.4, 0.5) is 0 Å². The minimum absolute atomic E-state index is 0.300. The second-order valence-electron chi connectivity index (χ2n) is 2.65. The maximum atomic E-state index is 10.3. The van der Waals surface area contributed by atoms with Crippen molar-refractivity contribution in [3.63, 3.8) is 0 Å². The number of rotatable bonds is 3. The third kappa shape index (κ3) is 2.69. The fourth-order valence-electron chi connectivity index (χ4n) is 0.931. The standard InChI is InChI=1S/C8H9BrN2O2/c1-10(11(12)13)6-7-4-2-3-5-8(7)9/h2-5H,6H2,1H3. The van der Waals surface area contributed by atoms with Crippen LogP contribution in [0.1, 0.15) is 5.56 Å². The smallest absolute Gasteiger partial charge is 0.160 e. The first-order valence-electron chi connectivity index (χ1n) is 3.70. The van der Waals surface area contributed by atoms with E-state index in [1.165, 1.54) is 7.05 Å². The van der Waals surface area contributed by atoms with Crippen molar-refractivity contribution < 1.29 is 5.03 Å². The predicted octanol–water partition coefficient (Wildman–Crippen LogP) is 2.07. The maximum absolute atomic E-state index is 10.3. The van der Waals surface area contributed by atoms with Crippen LogP contribution >= 0.6 is 15.9 Å². The highest BCUT2D eigenvalue weighted by atomic mass is 79.9. The van der Waals surface area contributed by atoms with Gasteiger partial charge in [-0.3, -0.25) is 0 Å². The largest absolute Gasteiger partial charge is 0.235 e. The molecule has 0 spiro atoms. The average molecular weight is 245 g/mol. The van der Waals surface area contributed by atoms with Crippen LogP contribution in [0.5, 0.6) is 0 Å². The number of hydrogen-bond donors (Lipinski definition) is 0. The van der Waals surface area contributed by atoms with E-state index in [1.54, 1.807) is 0 Å². The van der Waals surface area contributed by atoms with Gasteiger partial charge in [0.15, 0.2) is 5.03 Å². The van der Waals surface area contributed by atoms with Crippen molar-refractivity contribution in [1.29, 1.82) is 0 Å². The lowest BCUT2D eigenvalue weighted by Crippen LogP contribution is -2.24. The van der Waals surface area contributed by atoms with E-state index in [-0.39, 0.29) is 0 Å². The monoisotopic (exact) mass is 244 g/mol. The van der Waals surface area contributed by atoms with Crippen LogP contribution < -0.4 is 0 Å². The Hall–Kier alpha value is -1.10. The molecule has 1 aromatic carbocycles. The Morgan fingerprint density at radius 3 is 2.69 bits per heavy atom. The van der Waals surface area contributed by atoms with E-state index >= 15 is 0 Å². The van der Waals surface area contributed by atoms with Gasteiger partial charge < -0.3 is 0 Å². The topological polar surface area (TPSA) is 46.4 Å². The molecule has 70 valence electrons. The summed E-state index contributed by atoms with van der Waals surface area (Å²) in [5.41, 5.74) is 0.904. The summed E-state index contributed by atoms with van der Waals surface area (Å²) in [6, 6.07) is 7.45. The second-order valence-corrected chi connectivity index (χ2v) is 3.50. The molecule has 5 heteroatoms. The van der Waals surface area contributed by atoms with E-state index < -0.39 is 5.03 Å². The van der Waals surface area contributed by atoms with Crippen LogP contribution in [-0.2, 0) is 6.54 Å². The number of hydrazine groups is 1. The number of halogens is 1. The van der Waals surface area contributed by atoms with Gasteiger partial charge in [-0.1, -0.05) is 34.1 Å². The molecular weight excluding hydrogens is 236 g/mol. The highest BCUT2D eigenvalue weighted by Crippen LogP contribution is 2.16. The molecule has 4 nitrogen and oxygen atoms in total. The third-order valence-electron chi connectivity index (χ3n) is 1.64. The summed E-state index contributed by atoms with van der Waals surface area (Å²) in [5, 5.41) is 10.9. The molecule has 0 saturated heterocycles.